The summed E-state index contributed by atoms with van der Waals surface area (Å²) in [5.41, 5.74) is 0.966. The molecule has 0 unspecified atom stereocenters. The monoisotopic (exact) mass is 398 g/mol. The first-order valence-corrected chi connectivity index (χ1v) is 11.4. The highest BCUT2D eigenvalue weighted by molar-refractivity contribution is 8.15. The summed E-state index contributed by atoms with van der Waals surface area (Å²) < 4.78 is 37.0. The highest BCUT2D eigenvalue weighted by Gasteiger charge is 2.48. The van der Waals surface area contributed by atoms with Gasteiger partial charge in [0, 0.05) is 18.2 Å². The van der Waals surface area contributed by atoms with Crippen molar-refractivity contribution in [3.63, 3.8) is 0 Å². The molecule has 0 N–H and O–H groups in total. The molecule has 2 aliphatic rings. The van der Waals surface area contributed by atoms with Crippen LogP contribution in [0.5, 0.6) is 0 Å². The van der Waals surface area contributed by atoms with Gasteiger partial charge in [0.2, 0.25) is 5.91 Å². The second-order valence-electron chi connectivity index (χ2n) is 7.26. The van der Waals surface area contributed by atoms with Crippen molar-refractivity contribution in [1.82, 2.24) is 4.90 Å². The number of carbonyl (C=O) groups is 1. The third-order valence-electron chi connectivity index (χ3n) is 4.53. The van der Waals surface area contributed by atoms with E-state index in [0.29, 0.717) is 24.6 Å². The van der Waals surface area contributed by atoms with E-state index >= 15 is 0 Å². The standard InChI is InChI=1S/C18H23FN2O3S2/c1-12(2)9-17(22)20-18-21(8-7-13-3-5-14(19)6-4-13)15-10-26(23,24)11-16(15)25-18/h3-6,12,15-16H,7-11H2,1-2H3/t15-,16-/m1/s1. The molecule has 26 heavy (non-hydrogen) atoms. The van der Waals surface area contributed by atoms with E-state index in [1.807, 2.05) is 18.7 Å². The Morgan fingerprint density at radius 1 is 1.31 bits per heavy atom. The van der Waals surface area contributed by atoms with Crippen LogP contribution < -0.4 is 0 Å². The molecule has 2 fully saturated rings. The van der Waals surface area contributed by atoms with E-state index in [1.165, 1.54) is 23.9 Å². The maximum atomic E-state index is 13.1. The summed E-state index contributed by atoms with van der Waals surface area (Å²) in [5, 5.41) is 0.557. The van der Waals surface area contributed by atoms with Gasteiger partial charge in [0.25, 0.3) is 0 Å². The molecule has 0 aromatic heterocycles. The summed E-state index contributed by atoms with van der Waals surface area (Å²) in [5.74, 6) is 0.00925. The van der Waals surface area contributed by atoms with E-state index < -0.39 is 9.84 Å². The Morgan fingerprint density at radius 2 is 2.00 bits per heavy atom. The smallest absolute Gasteiger partial charge is 0.248 e. The lowest BCUT2D eigenvalue weighted by molar-refractivity contribution is -0.118. The molecule has 2 heterocycles. The number of hydrogen-bond acceptors (Lipinski definition) is 4. The van der Waals surface area contributed by atoms with Crippen LogP contribution >= 0.6 is 11.8 Å². The molecule has 1 aromatic rings. The summed E-state index contributed by atoms with van der Waals surface area (Å²) in [6, 6.07) is 6.14. The van der Waals surface area contributed by atoms with Gasteiger partial charge in [-0.05, 0) is 30.0 Å². The van der Waals surface area contributed by atoms with Crippen LogP contribution in [0.3, 0.4) is 0 Å². The number of carbonyl (C=O) groups excluding carboxylic acids is 1. The molecule has 1 amide bonds. The zero-order valence-electron chi connectivity index (χ0n) is 14.9. The molecular formula is C18H23FN2O3S2. The van der Waals surface area contributed by atoms with E-state index in [1.54, 1.807) is 12.1 Å². The fourth-order valence-corrected chi connectivity index (χ4v) is 7.29. The summed E-state index contributed by atoms with van der Waals surface area (Å²) in [4.78, 5) is 18.4. The van der Waals surface area contributed by atoms with Gasteiger partial charge in [0.15, 0.2) is 15.0 Å². The lowest BCUT2D eigenvalue weighted by Crippen LogP contribution is -2.39. The fourth-order valence-electron chi connectivity index (χ4n) is 3.30. The Kier molecular flexibility index (Phi) is 5.72. The molecule has 5 nitrogen and oxygen atoms in total. The normalized spacial score (nSPS) is 25.8. The number of amides is 1. The van der Waals surface area contributed by atoms with Crippen molar-refractivity contribution in [3.05, 3.63) is 35.6 Å². The molecule has 0 aliphatic carbocycles. The van der Waals surface area contributed by atoms with Crippen molar-refractivity contribution in [3.8, 4) is 0 Å². The molecule has 2 aliphatic heterocycles. The molecule has 0 saturated carbocycles. The highest BCUT2D eigenvalue weighted by atomic mass is 32.2. The van der Waals surface area contributed by atoms with Crippen molar-refractivity contribution in [1.29, 1.82) is 0 Å². The van der Waals surface area contributed by atoms with E-state index in [2.05, 4.69) is 4.99 Å². The highest BCUT2D eigenvalue weighted by Crippen LogP contribution is 2.38. The van der Waals surface area contributed by atoms with E-state index in [4.69, 9.17) is 0 Å². The van der Waals surface area contributed by atoms with Crippen LogP contribution in [-0.2, 0) is 21.1 Å². The lowest BCUT2D eigenvalue weighted by Gasteiger charge is -2.24. The Hall–Kier alpha value is -1.41. The Balaban J connectivity index is 1.77. The number of aliphatic imine (C=N–C) groups is 1. The zero-order chi connectivity index (χ0) is 18.9. The summed E-state index contributed by atoms with van der Waals surface area (Å²) in [6.45, 7) is 4.49. The van der Waals surface area contributed by atoms with Gasteiger partial charge >= 0.3 is 0 Å². The first-order valence-electron chi connectivity index (χ1n) is 8.73. The van der Waals surface area contributed by atoms with E-state index in [-0.39, 0.29) is 40.4 Å². The summed E-state index contributed by atoms with van der Waals surface area (Å²) in [7, 11) is -3.05. The van der Waals surface area contributed by atoms with E-state index in [9.17, 15) is 17.6 Å². The topological polar surface area (TPSA) is 66.8 Å². The molecule has 3 rings (SSSR count). The van der Waals surface area contributed by atoms with Crippen LogP contribution in [0, 0.1) is 11.7 Å². The van der Waals surface area contributed by atoms with Gasteiger partial charge in [-0.1, -0.05) is 37.7 Å². The fraction of sp³-hybridized carbons (Fsp3) is 0.556. The van der Waals surface area contributed by atoms with Gasteiger partial charge in [-0.3, -0.25) is 4.79 Å². The number of thioether (sulfide) groups is 1. The molecule has 0 bridgehead atoms. The van der Waals surface area contributed by atoms with Crippen molar-refractivity contribution >= 4 is 32.7 Å². The van der Waals surface area contributed by atoms with Crippen molar-refractivity contribution in [2.75, 3.05) is 18.1 Å². The van der Waals surface area contributed by atoms with Gasteiger partial charge in [0.05, 0.1) is 17.5 Å². The van der Waals surface area contributed by atoms with Gasteiger partial charge in [-0.2, -0.15) is 4.99 Å². The van der Waals surface area contributed by atoms with Crippen LogP contribution in [-0.4, -0.2) is 53.7 Å². The van der Waals surface area contributed by atoms with Crippen molar-refractivity contribution < 1.29 is 17.6 Å². The van der Waals surface area contributed by atoms with Crippen molar-refractivity contribution in [2.24, 2.45) is 10.9 Å². The van der Waals surface area contributed by atoms with Crippen LogP contribution in [0.15, 0.2) is 29.3 Å². The predicted molar refractivity (Wildman–Crippen MR) is 103 cm³/mol. The lowest BCUT2D eigenvalue weighted by atomic mass is 10.1. The first kappa shape index (κ1) is 19.4. The molecule has 0 spiro atoms. The maximum absolute atomic E-state index is 13.1. The average Bonchev–Trinajstić information content (AvgIpc) is 2.97. The number of amidine groups is 1. The minimum Gasteiger partial charge on any atom is -0.346 e. The molecule has 1 aromatic carbocycles. The van der Waals surface area contributed by atoms with E-state index in [0.717, 1.165) is 5.56 Å². The minimum absolute atomic E-state index is 0.0705. The van der Waals surface area contributed by atoms with Crippen LogP contribution in [0.25, 0.3) is 0 Å². The number of sulfone groups is 1. The quantitative estimate of drug-likeness (QED) is 0.762. The molecule has 142 valence electrons. The number of rotatable bonds is 5. The number of halogens is 1. The predicted octanol–water partition coefficient (Wildman–Crippen LogP) is 2.51. The Bertz CT molecular complexity index is 806. The number of nitrogens with zero attached hydrogens (tertiary/aromatic N) is 2. The van der Waals surface area contributed by atoms with Gasteiger partial charge in [-0.15, -0.1) is 0 Å². The maximum Gasteiger partial charge on any atom is 0.248 e. The number of benzene rings is 1. The molecule has 2 atom stereocenters. The third-order valence-corrected chi connectivity index (χ3v) is 7.78. The zero-order valence-corrected chi connectivity index (χ0v) is 16.5. The van der Waals surface area contributed by atoms with Gasteiger partial charge < -0.3 is 4.90 Å². The summed E-state index contributed by atoms with van der Waals surface area (Å²) >= 11 is 1.40. The molecule has 2 saturated heterocycles. The largest absolute Gasteiger partial charge is 0.346 e. The average molecular weight is 399 g/mol. The summed E-state index contributed by atoms with van der Waals surface area (Å²) in [6.07, 6.45) is 1.02. The molecule has 8 heteroatoms. The first-order chi connectivity index (χ1) is 12.2. The van der Waals surface area contributed by atoms with Crippen LogP contribution in [0.1, 0.15) is 25.8 Å². The molecule has 0 radical (unpaired) electrons. The van der Waals surface area contributed by atoms with Gasteiger partial charge in [-0.25, -0.2) is 12.8 Å². The van der Waals surface area contributed by atoms with Gasteiger partial charge in [0.1, 0.15) is 5.82 Å². The minimum atomic E-state index is -3.05. The number of hydrogen-bond donors (Lipinski definition) is 0. The van der Waals surface area contributed by atoms with Crippen LogP contribution in [0.2, 0.25) is 0 Å². The Labute approximate surface area is 158 Å². The molecular weight excluding hydrogens is 375 g/mol. The SMILES string of the molecule is CC(C)CC(=O)N=C1S[C@@H]2CS(=O)(=O)C[C@H]2N1CCc1ccc(F)cc1. The van der Waals surface area contributed by atoms with Crippen molar-refractivity contribution in [2.45, 2.75) is 38.0 Å². The number of fused-ring (bicyclic) bond motifs is 1. The second-order valence-corrected chi connectivity index (χ2v) is 10.6. The second kappa shape index (κ2) is 7.68. The van der Waals surface area contributed by atoms with Crippen LogP contribution in [0.4, 0.5) is 4.39 Å². The third kappa shape index (κ3) is 4.65. The Morgan fingerprint density at radius 3 is 2.65 bits per heavy atom.